The maximum absolute atomic E-state index is 13.8. The molecule has 0 saturated heterocycles. The summed E-state index contributed by atoms with van der Waals surface area (Å²) in [6, 6.07) is 8.31. The molecule has 9 heteroatoms. The molecule has 0 aliphatic heterocycles. The summed E-state index contributed by atoms with van der Waals surface area (Å²) in [5.74, 6) is 0.636. The van der Waals surface area contributed by atoms with E-state index in [1.165, 1.54) is 22.1 Å². The Kier molecular flexibility index (Phi) is 5.95. The van der Waals surface area contributed by atoms with Crippen molar-refractivity contribution in [3.8, 4) is 10.6 Å². The number of nitrogens with zero attached hydrogens (tertiary/aromatic N) is 3. The van der Waals surface area contributed by atoms with Crippen molar-refractivity contribution in [1.29, 1.82) is 0 Å². The van der Waals surface area contributed by atoms with E-state index in [4.69, 9.17) is 4.42 Å². The fourth-order valence-corrected chi connectivity index (χ4v) is 7.12. The number of rotatable bonds is 6. The molecule has 30 heavy (non-hydrogen) atoms. The summed E-state index contributed by atoms with van der Waals surface area (Å²) < 4.78 is 35.9. The van der Waals surface area contributed by atoms with Crippen molar-refractivity contribution >= 4 is 21.4 Å². The van der Waals surface area contributed by atoms with E-state index in [0.29, 0.717) is 21.2 Å². The predicted molar refractivity (Wildman–Crippen MR) is 116 cm³/mol. The lowest BCUT2D eigenvalue weighted by atomic mass is 9.95. The van der Waals surface area contributed by atoms with Crippen LogP contribution in [0, 0.1) is 6.92 Å². The van der Waals surface area contributed by atoms with Crippen molar-refractivity contribution < 1.29 is 12.8 Å². The zero-order valence-electron chi connectivity index (χ0n) is 17.1. The van der Waals surface area contributed by atoms with Gasteiger partial charge in [-0.3, -0.25) is 4.79 Å². The third kappa shape index (κ3) is 4.14. The molecule has 0 amide bonds. The third-order valence-corrected chi connectivity index (χ3v) is 8.77. The molecule has 3 heterocycles. The zero-order valence-corrected chi connectivity index (χ0v) is 18.7. The van der Waals surface area contributed by atoms with E-state index in [9.17, 15) is 13.2 Å². The first kappa shape index (κ1) is 21.0. The molecule has 0 bridgehead atoms. The first-order chi connectivity index (χ1) is 14.4. The van der Waals surface area contributed by atoms with Gasteiger partial charge in [-0.15, -0.1) is 11.3 Å². The summed E-state index contributed by atoms with van der Waals surface area (Å²) >= 11 is 1.37. The maximum Gasteiger partial charge on any atom is 0.266 e. The Labute approximate surface area is 180 Å². The smallest absolute Gasteiger partial charge is 0.266 e. The fraction of sp³-hybridized carbons (Fsp3) is 0.429. The quantitative estimate of drug-likeness (QED) is 0.571. The molecule has 0 aromatic carbocycles. The molecule has 3 aromatic heterocycles. The number of hydrogen-bond acceptors (Lipinski definition) is 6. The standard InChI is InChI=1S/C21H25N3O4S2/c1-15-20(13-19(29-15)18-10-11-21(25)23(2)22-18)30(26,27)24(14-17-9-6-12-28-17)16-7-4-3-5-8-16/h6,9-13,16H,3-5,7-8,14H2,1-2H3. The average molecular weight is 448 g/mol. The molecule has 0 unspecified atom stereocenters. The minimum atomic E-state index is -3.73. The van der Waals surface area contributed by atoms with Gasteiger partial charge in [-0.1, -0.05) is 19.3 Å². The number of aryl methyl sites for hydroxylation is 2. The molecule has 1 fully saturated rings. The molecular formula is C21H25N3O4S2. The number of hydrogen-bond donors (Lipinski definition) is 0. The van der Waals surface area contributed by atoms with Crippen LogP contribution in [0.15, 0.2) is 50.7 Å². The first-order valence-electron chi connectivity index (χ1n) is 10.1. The lowest BCUT2D eigenvalue weighted by Crippen LogP contribution is -2.40. The van der Waals surface area contributed by atoms with Crippen LogP contribution in [-0.4, -0.2) is 28.5 Å². The zero-order chi connectivity index (χ0) is 21.3. The number of sulfonamides is 1. The topological polar surface area (TPSA) is 85.4 Å². The van der Waals surface area contributed by atoms with Gasteiger partial charge in [0.1, 0.15) is 11.5 Å². The Morgan fingerprint density at radius 2 is 2.00 bits per heavy atom. The Hall–Kier alpha value is -2.23. The highest BCUT2D eigenvalue weighted by atomic mass is 32.2. The summed E-state index contributed by atoms with van der Waals surface area (Å²) in [4.78, 5) is 13.4. The van der Waals surface area contributed by atoms with Crippen LogP contribution in [-0.2, 0) is 23.6 Å². The van der Waals surface area contributed by atoms with Crippen LogP contribution in [0.5, 0.6) is 0 Å². The van der Waals surface area contributed by atoms with E-state index in [-0.39, 0.29) is 18.1 Å². The van der Waals surface area contributed by atoms with Gasteiger partial charge in [-0.05, 0) is 44.0 Å². The highest BCUT2D eigenvalue weighted by Gasteiger charge is 2.35. The molecule has 0 N–H and O–H groups in total. The Bertz CT molecular complexity index is 1170. The average Bonchev–Trinajstić information content (AvgIpc) is 3.38. The molecule has 1 saturated carbocycles. The van der Waals surface area contributed by atoms with Crippen LogP contribution in [0.2, 0.25) is 0 Å². The lowest BCUT2D eigenvalue weighted by molar-refractivity contribution is 0.234. The maximum atomic E-state index is 13.8. The largest absolute Gasteiger partial charge is 0.468 e. The van der Waals surface area contributed by atoms with Crippen LogP contribution in [0.25, 0.3) is 10.6 Å². The van der Waals surface area contributed by atoms with Gasteiger partial charge in [0.25, 0.3) is 5.56 Å². The van der Waals surface area contributed by atoms with Gasteiger partial charge >= 0.3 is 0 Å². The molecule has 3 aromatic rings. The second-order valence-corrected chi connectivity index (χ2v) is 10.7. The van der Waals surface area contributed by atoms with Crippen LogP contribution in [0.4, 0.5) is 0 Å². The van der Waals surface area contributed by atoms with E-state index < -0.39 is 10.0 Å². The van der Waals surface area contributed by atoms with Crippen LogP contribution in [0.3, 0.4) is 0 Å². The fourth-order valence-electron chi connectivity index (χ4n) is 3.94. The molecule has 1 aliphatic carbocycles. The summed E-state index contributed by atoms with van der Waals surface area (Å²) in [6.07, 6.45) is 6.50. The Morgan fingerprint density at radius 1 is 1.23 bits per heavy atom. The lowest BCUT2D eigenvalue weighted by Gasteiger charge is -2.32. The molecule has 4 rings (SSSR count). The minimum Gasteiger partial charge on any atom is -0.468 e. The van der Waals surface area contributed by atoms with Crippen LogP contribution < -0.4 is 5.56 Å². The Morgan fingerprint density at radius 3 is 2.67 bits per heavy atom. The second-order valence-electron chi connectivity index (χ2n) is 7.63. The monoisotopic (exact) mass is 447 g/mol. The van der Waals surface area contributed by atoms with Gasteiger partial charge in [0.15, 0.2) is 0 Å². The highest BCUT2D eigenvalue weighted by Crippen LogP contribution is 2.36. The number of furan rings is 1. The summed E-state index contributed by atoms with van der Waals surface area (Å²) in [5.41, 5.74) is 0.378. The SMILES string of the molecule is Cc1sc(-c2ccc(=O)n(C)n2)cc1S(=O)(=O)N(Cc1ccco1)C1CCCCC1. The molecule has 160 valence electrons. The third-order valence-electron chi connectivity index (χ3n) is 5.55. The molecule has 0 spiro atoms. The molecule has 0 atom stereocenters. The van der Waals surface area contributed by atoms with Gasteiger partial charge in [0.05, 0.1) is 22.6 Å². The van der Waals surface area contributed by atoms with Crippen molar-refractivity contribution in [2.75, 3.05) is 0 Å². The van der Waals surface area contributed by atoms with Gasteiger partial charge in [-0.25, -0.2) is 13.1 Å². The summed E-state index contributed by atoms with van der Waals surface area (Å²) in [7, 11) is -2.14. The van der Waals surface area contributed by atoms with Crippen molar-refractivity contribution in [3.63, 3.8) is 0 Å². The molecule has 0 radical (unpaired) electrons. The number of thiophene rings is 1. The first-order valence-corrected chi connectivity index (χ1v) is 12.3. The van der Waals surface area contributed by atoms with Crippen molar-refractivity contribution in [2.45, 2.75) is 56.5 Å². The number of aromatic nitrogens is 2. The summed E-state index contributed by atoms with van der Waals surface area (Å²) in [6.45, 7) is 2.04. The van der Waals surface area contributed by atoms with Gasteiger partial charge in [-0.2, -0.15) is 9.40 Å². The van der Waals surface area contributed by atoms with Gasteiger partial charge < -0.3 is 4.42 Å². The summed E-state index contributed by atoms with van der Waals surface area (Å²) in [5, 5.41) is 4.27. The van der Waals surface area contributed by atoms with Gasteiger partial charge in [0.2, 0.25) is 10.0 Å². The van der Waals surface area contributed by atoms with Crippen molar-refractivity contribution in [3.05, 3.63) is 57.6 Å². The molecular weight excluding hydrogens is 422 g/mol. The van der Waals surface area contributed by atoms with E-state index in [1.807, 2.05) is 13.0 Å². The van der Waals surface area contributed by atoms with E-state index in [2.05, 4.69) is 5.10 Å². The minimum absolute atomic E-state index is 0.0349. The van der Waals surface area contributed by atoms with Crippen LogP contribution >= 0.6 is 11.3 Å². The predicted octanol–water partition coefficient (Wildman–Crippen LogP) is 3.93. The van der Waals surface area contributed by atoms with E-state index in [1.54, 1.807) is 35.8 Å². The normalized spacial score (nSPS) is 15.7. The van der Waals surface area contributed by atoms with E-state index >= 15 is 0 Å². The second kappa shape index (κ2) is 8.49. The highest BCUT2D eigenvalue weighted by molar-refractivity contribution is 7.89. The molecule has 7 nitrogen and oxygen atoms in total. The van der Waals surface area contributed by atoms with E-state index in [0.717, 1.165) is 37.0 Å². The van der Waals surface area contributed by atoms with Crippen LogP contribution in [0.1, 0.15) is 42.7 Å². The Balaban J connectivity index is 1.73. The van der Waals surface area contributed by atoms with Crippen molar-refractivity contribution in [1.82, 2.24) is 14.1 Å². The molecule has 1 aliphatic rings. The van der Waals surface area contributed by atoms with Gasteiger partial charge in [0, 0.05) is 24.0 Å². The van der Waals surface area contributed by atoms with Crippen molar-refractivity contribution in [2.24, 2.45) is 7.05 Å².